The van der Waals surface area contributed by atoms with Crippen molar-refractivity contribution >= 4 is 19.7 Å². The zero-order chi connectivity index (χ0) is 27.5. The lowest BCUT2D eigenvalue weighted by Gasteiger charge is -2.19. The molecule has 1 atom stereocenters. The Kier molecular flexibility index (Phi) is 9.64. The van der Waals surface area contributed by atoms with Gasteiger partial charge in [-0.25, -0.2) is 9.36 Å². The summed E-state index contributed by atoms with van der Waals surface area (Å²) in [6.07, 6.45) is 0.0425. The highest BCUT2D eigenvalue weighted by atomic mass is 31.2. The van der Waals surface area contributed by atoms with Gasteiger partial charge in [0.05, 0.1) is 13.2 Å². The highest BCUT2D eigenvalue weighted by molar-refractivity contribution is 7.48. The van der Waals surface area contributed by atoms with Gasteiger partial charge in [-0.15, -0.1) is 0 Å². The predicted octanol–water partition coefficient (Wildman–Crippen LogP) is 6.03. The van der Waals surface area contributed by atoms with E-state index in [1.807, 2.05) is 60.7 Å². The molecule has 0 unspecified atom stereocenters. The number of hydrogen-bond donors (Lipinski definition) is 2. The minimum Gasteiger partial charge on any atom is -0.480 e. The molecule has 0 aliphatic rings. The Morgan fingerprint density at radius 1 is 0.692 bits per heavy atom. The smallest absolute Gasteiger partial charge is 0.480 e. The van der Waals surface area contributed by atoms with E-state index in [0.29, 0.717) is 11.1 Å². The standard InChI is InChI=1S/C30H28NO7P/c32-29(26-14-8-3-9-15-26)31-28(30(33)34)20-23-16-18-27(19-17-23)38-39(35,36-21-24-10-4-1-5-11-24)37-22-25-12-6-2-7-13-25/h1-19,28H,20-22H2,(H,31,32)(H,33,34)/t28-/m0/s1. The van der Waals surface area contributed by atoms with Crippen LogP contribution in [0.2, 0.25) is 0 Å². The van der Waals surface area contributed by atoms with E-state index in [4.69, 9.17) is 13.6 Å². The average molecular weight is 546 g/mol. The van der Waals surface area contributed by atoms with Gasteiger partial charge in [0.15, 0.2) is 0 Å². The number of carboxylic acids is 1. The van der Waals surface area contributed by atoms with Crippen LogP contribution >= 0.6 is 7.82 Å². The largest absolute Gasteiger partial charge is 0.530 e. The van der Waals surface area contributed by atoms with Gasteiger partial charge in [0.25, 0.3) is 5.91 Å². The van der Waals surface area contributed by atoms with Crippen LogP contribution in [0.4, 0.5) is 0 Å². The van der Waals surface area contributed by atoms with Gasteiger partial charge in [-0.05, 0) is 41.0 Å². The van der Waals surface area contributed by atoms with Crippen LogP contribution in [0.3, 0.4) is 0 Å². The first-order valence-electron chi connectivity index (χ1n) is 12.2. The number of phosphoric acid groups is 1. The maximum Gasteiger partial charge on any atom is 0.530 e. The van der Waals surface area contributed by atoms with Gasteiger partial charge in [0.2, 0.25) is 0 Å². The van der Waals surface area contributed by atoms with Crippen molar-refractivity contribution in [2.45, 2.75) is 25.7 Å². The molecule has 1 amide bonds. The summed E-state index contributed by atoms with van der Waals surface area (Å²) in [6.45, 7) is 0.0405. The molecule has 0 saturated carbocycles. The lowest BCUT2D eigenvalue weighted by atomic mass is 10.1. The summed E-state index contributed by atoms with van der Waals surface area (Å²) in [7, 11) is -4.03. The van der Waals surface area contributed by atoms with Crippen LogP contribution in [-0.2, 0) is 38.0 Å². The van der Waals surface area contributed by atoms with Crippen LogP contribution in [-0.4, -0.2) is 23.0 Å². The van der Waals surface area contributed by atoms with Crippen LogP contribution < -0.4 is 9.84 Å². The van der Waals surface area contributed by atoms with Crippen LogP contribution in [0.25, 0.3) is 0 Å². The van der Waals surface area contributed by atoms with Crippen molar-refractivity contribution in [3.8, 4) is 5.75 Å². The summed E-state index contributed by atoms with van der Waals surface area (Å²) in [6, 6.07) is 32.1. The van der Waals surface area contributed by atoms with Gasteiger partial charge in [-0.3, -0.25) is 13.8 Å². The summed E-state index contributed by atoms with van der Waals surface area (Å²) in [5, 5.41) is 12.2. The van der Waals surface area contributed by atoms with E-state index in [1.54, 1.807) is 54.6 Å². The molecule has 0 saturated heterocycles. The second kappa shape index (κ2) is 13.5. The molecule has 2 N–H and O–H groups in total. The highest BCUT2D eigenvalue weighted by Gasteiger charge is 2.29. The number of phosphoric ester groups is 1. The van der Waals surface area contributed by atoms with Crippen LogP contribution in [0.1, 0.15) is 27.0 Å². The Morgan fingerprint density at radius 2 is 1.18 bits per heavy atom. The summed E-state index contributed by atoms with van der Waals surface area (Å²) >= 11 is 0. The third-order valence-corrected chi connectivity index (χ3v) is 7.01. The molecule has 0 radical (unpaired) electrons. The van der Waals surface area contributed by atoms with Gasteiger partial charge in [-0.1, -0.05) is 91.0 Å². The Labute approximate surface area is 226 Å². The molecule has 0 aliphatic carbocycles. The predicted molar refractivity (Wildman–Crippen MR) is 146 cm³/mol. The maximum absolute atomic E-state index is 13.5. The molecule has 4 aromatic carbocycles. The maximum atomic E-state index is 13.5. The second-order valence-electron chi connectivity index (χ2n) is 8.63. The van der Waals surface area contributed by atoms with Crippen LogP contribution in [0.15, 0.2) is 115 Å². The Morgan fingerprint density at radius 3 is 1.67 bits per heavy atom. The minimum absolute atomic E-state index is 0.0202. The van der Waals surface area contributed by atoms with Gasteiger partial charge in [0, 0.05) is 12.0 Å². The van der Waals surface area contributed by atoms with Crippen molar-refractivity contribution in [1.82, 2.24) is 5.32 Å². The van der Waals surface area contributed by atoms with Gasteiger partial charge in [-0.2, -0.15) is 0 Å². The zero-order valence-corrected chi connectivity index (χ0v) is 21.9. The van der Waals surface area contributed by atoms with Crippen molar-refractivity contribution in [1.29, 1.82) is 0 Å². The van der Waals surface area contributed by atoms with Gasteiger partial charge in [0.1, 0.15) is 11.8 Å². The van der Waals surface area contributed by atoms with Crippen molar-refractivity contribution < 1.29 is 32.8 Å². The molecule has 0 fully saturated rings. The lowest BCUT2D eigenvalue weighted by Crippen LogP contribution is -2.42. The number of carbonyl (C=O) groups is 2. The summed E-state index contributed by atoms with van der Waals surface area (Å²) in [5.74, 6) is -1.41. The molecule has 0 spiro atoms. The van der Waals surface area contributed by atoms with Crippen LogP contribution in [0, 0.1) is 0 Å². The summed E-state index contributed by atoms with van der Waals surface area (Å²) < 4.78 is 30.5. The fourth-order valence-corrected chi connectivity index (χ4v) is 4.80. The Bertz CT molecular complexity index is 1350. The molecule has 0 bridgehead atoms. The molecule has 9 heteroatoms. The third kappa shape index (κ3) is 8.65. The third-order valence-electron chi connectivity index (χ3n) is 5.68. The van der Waals surface area contributed by atoms with E-state index in [1.165, 1.54) is 0 Å². The number of aliphatic carboxylic acids is 1. The van der Waals surface area contributed by atoms with E-state index in [0.717, 1.165) is 11.1 Å². The number of benzene rings is 4. The van der Waals surface area contributed by atoms with E-state index < -0.39 is 25.7 Å². The molecule has 4 aromatic rings. The first kappa shape index (κ1) is 27.8. The molecule has 0 heterocycles. The van der Waals surface area contributed by atoms with Crippen molar-refractivity contribution in [3.05, 3.63) is 138 Å². The Balaban J connectivity index is 1.42. The Hall–Kier alpha value is -4.23. The molecule has 4 rings (SSSR count). The highest BCUT2D eigenvalue weighted by Crippen LogP contribution is 2.51. The quantitative estimate of drug-likeness (QED) is 0.197. The minimum atomic E-state index is -4.03. The fraction of sp³-hybridized carbons (Fsp3) is 0.133. The number of carbonyl (C=O) groups excluding carboxylic acids is 1. The first-order valence-corrected chi connectivity index (χ1v) is 13.7. The first-order chi connectivity index (χ1) is 18.9. The average Bonchev–Trinajstić information content (AvgIpc) is 2.97. The van der Waals surface area contributed by atoms with E-state index in [9.17, 15) is 19.3 Å². The second-order valence-corrected chi connectivity index (χ2v) is 10.2. The zero-order valence-electron chi connectivity index (χ0n) is 21.0. The van der Waals surface area contributed by atoms with E-state index >= 15 is 0 Å². The number of rotatable bonds is 13. The van der Waals surface area contributed by atoms with Crippen molar-refractivity contribution in [2.24, 2.45) is 0 Å². The van der Waals surface area contributed by atoms with E-state index in [2.05, 4.69) is 5.32 Å². The van der Waals surface area contributed by atoms with Gasteiger partial charge >= 0.3 is 13.8 Å². The molecule has 39 heavy (non-hydrogen) atoms. The van der Waals surface area contributed by atoms with Crippen LogP contribution in [0.5, 0.6) is 5.75 Å². The topological polar surface area (TPSA) is 111 Å². The number of nitrogens with one attached hydrogen (secondary N) is 1. The monoisotopic (exact) mass is 545 g/mol. The molecule has 8 nitrogen and oxygen atoms in total. The summed E-state index contributed by atoms with van der Waals surface area (Å²) in [5.41, 5.74) is 2.61. The summed E-state index contributed by atoms with van der Waals surface area (Å²) in [4.78, 5) is 24.2. The number of carboxylic acid groups (broad SMARTS) is 1. The molecule has 200 valence electrons. The van der Waals surface area contributed by atoms with Crippen molar-refractivity contribution in [2.75, 3.05) is 0 Å². The number of amides is 1. The lowest BCUT2D eigenvalue weighted by molar-refractivity contribution is -0.139. The van der Waals surface area contributed by atoms with Crippen molar-refractivity contribution in [3.63, 3.8) is 0 Å². The normalized spacial score (nSPS) is 11.9. The molecular formula is C30H28NO7P. The SMILES string of the molecule is O=C(N[C@@H](Cc1ccc(OP(=O)(OCc2ccccc2)OCc2ccccc2)cc1)C(=O)O)c1ccccc1. The molecule has 0 aliphatic heterocycles. The van der Waals surface area contributed by atoms with Gasteiger partial charge < -0.3 is 14.9 Å². The fourth-order valence-electron chi connectivity index (χ4n) is 3.63. The van der Waals surface area contributed by atoms with E-state index in [-0.39, 0.29) is 25.4 Å². The molecular weight excluding hydrogens is 517 g/mol. The number of hydrogen-bond acceptors (Lipinski definition) is 6. The molecule has 0 aromatic heterocycles.